The van der Waals surface area contributed by atoms with Crippen LogP contribution in [0.4, 0.5) is 0 Å². The van der Waals surface area contributed by atoms with Crippen molar-refractivity contribution in [3.05, 3.63) is 71.8 Å². The van der Waals surface area contributed by atoms with Crippen LogP contribution in [-0.2, 0) is 23.7 Å². The van der Waals surface area contributed by atoms with E-state index in [-0.39, 0.29) is 6.61 Å². The Morgan fingerprint density at radius 2 is 1.48 bits per heavy atom. The molecule has 0 spiro atoms. The van der Waals surface area contributed by atoms with Crippen LogP contribution in [0, 0.1) is 0 Å². The van der Waals surface area contributed by atoms with Crippen LogP contribution in [0.5, 0.6) is 0 Å². The molecule has 2 saturated heterocycles. The summed E-state index contributed by atoms with van der Waals surface area (Å²) in [5.41, 5.74) is 0.256. The molecule has 0 saturated carbocycles. The van der Waals surface area contributed by atoms with Crippen molar-refractivity contribution in [2.75, 3.05) is 12.4 Å². The highest BCUT2D eigenvalue weighted by molar-refractivity contribution is 7.99. The SMILES string of the molecule is CCS[C@@H]1O[C@@H]2COC(C)(C)O[C@@H]2[C@H](OC(=O)c2ccccc2)[C@H]1OC(=O)c1ccccc1. The van der Waals surface area contributed by atoms with Crippen molar-refractivity contribution in [3.63, 3.8) is 0 Å². The van der Waals surface area contributed by atoms with Gasteiger partial charge < -0.3 is 23.7 Å². The van der Waals surface area contributed by atoms with Gasteiger partial charge in [-0.2, -0.15) is 0 Å². The molecule has 4 rings (SSSR count). The summed E-state index contributed by atoms with van der Waals surface area (Å²) in [6.07, 6.45) is -2.88. The topological polar surface area (TPSA) is 80.3 Å². The smallest absolute Gasteiger partial charge is 0.338 e. The molecule has 2 aliphatic rings. The van der Waals surface area contributed by atoms with Crippen LogP contribution in [-0.4, -0.2) is 59.9 Å². The zero-order valence-corrected chi connectivity index (χ0v) is 19.7. The van der Waals surface area contributed by atoms with Crippen molar-refractivity contribution in [1.29, 1.82) is 0 Å². The quantitative estimate of drug-likeness (QED) is 0.582. The van der Waals surface area contributed by atoms with Gasteiger partial charge >= 0.3 is 11.9 Å². The summed E-state index contributed by atoms with van der Waals surface area (Å²) in [5, 5.41) is 0. The molecule has 176 valence electrons. The Balaban J connectivity index is 1.66. The van der Waals surface area contributed by atoms with Crippen LogP contribution >= 0.6 is 11.8 Å². The molecule has 2 fully saturated rings. The van der Waals surface area contributed by atoms with Crippen molar-refractivity contribution in [3.8, 4) is 0 Å². The van der Waals surface area contributed by atoms with Crippen molar-refractivity contribution in [1.82, 2.24) is 0 Å². The van der Waals surface area contributed by atoms with Crippen LogP contribution in [0.1, 0.15) is 41.5 Å². The zero-order valence-electron chi connectivity index (χ0n) is 18.8. The van der Waals surface area contributed by atoms with E-state index in [0.29, 0.717) is 16.9 Å². The second kappa shape index (κ2) is 10.3. The fourth-order valence-electron chi connectivity index (χ4n) is 3.89. The largest absolute Gasteiger partial charge is 0.452 e. The third kappa shape index (κ3) is 5.58. The highest BCUT2D eigenvalue weighted by Crippen LogP contribution is 2.38. The predicted molar refractivity (Wildman–Crippen MR) is 123 cm³/mol. The van der Waals surface area contributed by atoms with E-state index in [0.717, 1.165) is 0 Å². The monoisotopic (exact) mass is 472 g/mol. The second-order valence-corrected chi connectivity index (χ2v) is 9.64. The molecule has 8 heteroatoms. The van der Waals surface area contributed by atoms with E-state index in [4.69, 9.17) is 23.7 Å². The summed E-state index contributed by atoms with van der Waals surface area (Å²) in [6.45, 7) is 5.84. The molecule has 0 aliphatic carbocycles. The van der Waals surface area contributed by atoms with E-state index < -0.39 is 47.6 Å². The van der Waals surface area contributed by atoms with Crippen molar-refractivity contribution in [2.24, 2.45) is 0 Å². The normalized spacial score (nSPS) is 28.4. The molecule has 0 radical (unpaired) electrons. The lowest BCUT2D eigenvalue weighted by Gasteiger charge is -2.50. The minimum Gasteiger partial charge on any atom is -0.452 e. The lowest BCUT2D eigenvalue weighted by atomic mass is 9.97. The first-order valence-electron chi connectivity index (χ1n) is 11.0. The van der Waals surface area contributed by atoms with E-state index in [2.05, 4.69) is 0 Å². The molecule has 0 bridgehead atoms. The fourth-order valence-corrected chi connectivity index (χ4v) is 4.84. The standard InChI is InChI=1S/C25H28O7S/c1-4-33-24-21(31-23(27)17-13-9-6-10-14-17)20(30-22(26)16-11-7-5-8-12-16)19-18(29-24)15-28-25(2,3)32-19/h5-14,18-21,24H,4,15H2,1-3H3/t18-,19+,20+,21-,24+/m1/s1. The van der Waals surface area contributed by atoms with Crippen molar-refractivity contribution >= 4 is 23.7 Å². The number of hydrogen-bond acceptors (Lipinski definition) is 8. The van der Waals surface area contributed by atoms with Gasteiger partial charge in [0, 0.05) is 0 Å². The first-order valence-corrected chi connectivity index (χ1v) is 12.0. The maximum absolute atomic E-state index is 13.0. The van der Waals surface area contributed by atoms with Crippen molar-refractivity contribution < 1.29 is 33.3 Å². The Labute approximate surface area is 197 Å². The average molecular weight is 473 g/mol. The van der Waals surface area contributed by atoms with Crippen LogP contribution < -0.4 is 0 Å². The van der Waals surface area contributed by atoms with Gasteiger partial charge in [-0.25, -0.2) is 9.59 Å². The van der Waals surface area contributed by atoms with Gasteiger partial charge in [-0.3, -0.25) is 0 Å². The number of rotatable bonds is 6. The van der Waals surface area contributed by atoms with Crippen molar-refractivity contribution in [2.45, 2.75) is 56.4 Å². The van der Waals surface area contributed by atoms with Crippen LogP contribution in [0.2, 0.25) is 0 Å². The maximum Gasteiger partial charge on any atom is 0.338 e. The first-order chi connectivity index (χ1) is 15.9. The molecule has 7 nitrogen and oxygen atoms in total. The number of esters is 2. The maximum atomic E-state index is 13.0. The average Bonchev–Trinajstić information content (AvgIpc) is 2.82. The lowest BCUT2D eigenvalue weighted by Crippen LogP contribution is -2.65. The van der Waals surface area contributed by atoms with E-state index in [1.807, 2.05) is 19.1 Å². The Kier molecular flexibility index (Phi) is 7.38. The van der Waals surface area contributed by atoms with E-state index in [1.54, 1.807) is 62.4 Å². The fraction of sp³-hybridized carbons (Fsp3) is 0.440. The number of hydrogen-bond donors (Lipinski definition) is 0. The highest BCUT2D eigenvalue weighted by atomic mass is 32.2. The Morgan fingerprint density at radius 1 is 0.939 bits per heavy atom. The van der Waals surface area contributed by atoms with E-state index >= 15 is 0 Å². The van der Waals surface area contributed by atoms with Gasteiger partial charge in [0.1, 0.15) is 17.6 Å². The van der Waals surface area contributed by atoms with Crippen LogP contribution in [0.15, 0.2) is 60.7 Å². The molecule has 0 unspecified atom stereocenters. The second-order valence-electron chi connectivity index (χ2n) is 8.26. The van der Waals surface area contributed by atoms with Gasteiger partial charge in [-0.05, 0) is 43.9 Å². The van der Waals surface area contributed by atoms with Gasteiger partial charge in [0.25, 0.3) is 0 Å². The molecular weight excluding hydrogens is 444 g/mol. The summed E-state index contributed by atoms with van der Waals surface area (Å²) in [6, 6.07) is 17.4. The third-order valence-corrected chi connectivity index (χ3v) is 6.48. The van der Waals surface area contributed by atoms with Gasteiger partial charge in [-0.1, -0.05) is 43.3 Å². The summed E-state index contributed by atoms with van der Waals surface area (Å²) < 4.78 is 30.1. The molecule has 2 aliphatic heterocycles. The Hall–Kier alpha value is -2.39. The minimum absolute atomic E-state index is 0.275. The highest BCUT2D eigenvalue weighted by Gasteiger charge is 2.54. The summed E-state index contributed by atoms with van der Waals surface area (Å²) in [4.78, 5) is 26.0. The molecule has 33 heavy (non-hydrogen) atoms. The molecule has 2 aromatic rings. The third-order valence-electron chi connectivity index (χ3n) is 5.44. The van der Waals surface area contributed by atoms with E-state index in [1.165, 1.54) is 11.8 Å². The van der Waals surface area contributed by atoms with Gasteiger partial charge in [0.2, 0.25) is 0 Å². The molecule has 0 aromatic heterocycles. The van der Waals surface area contributed by atoms with Gasteiger partial charge in [0.15, 0.2) is 18.0 Å². The minimum atomic E-state index is -0.902. The molecule has 5 atom stereocenters. The Bertz CT molecular complexity index is 950. The molecule has 0 N–H and O–H groups in total. The van der Waals surface area contributed by atoms with E-state index in [9.17, 15) is 9.59 Å². The number of thioether (sulfide) groups is 1. The van der Waals surface area contributed by atoms with Crippen LogP contribution in [0.25, 0.3) is 0 Å². The number of benzene rings is 2. The summed E-state index contributed by atoms with van der Waals surface area (Å²) >= 11 is 1.48. The first kappa shape index (κ1) is 23.8. The van der Waals surface area contributed by atoms with Gasteiger partial charge in [0.05, 0.1) is 17.7 Å². The number of carbonyl (C=O) groups excluding carboxylic acids is 2. The summed E-state index contributed by atoms with van der Waals surface area (Å²) in [7, 11) is 0. The number of carbonyl (C=O) groups is 2. The zero-order chi connectivity index (χ0) is 23.4. The Morgan fingerprint density at radius 3 is 2.03 bits per heavy atom. The summed E-state index contributed by atoms with van der Waals surface area (Å²) in [5.74, 6) is -1.22. The van der Waals surface area contributed by atoms with Crippen LogP contribution in [0.3, 0.4) is 0 Å². The molecule has 2 aromatic carbocycles. The molecule has 0 amide bonds. The van der Waals surface area contributed by atoms with Gasteiger partial charge in [-0.15, -0.1) is 11.8 Å². The number of ether oxygens (including phenoxy) is 5. The molecule has 2 heterocycles. The number of fused-ring (bicyclic) bond motifs is 1. The lowest BCUT2D eigenvalue weighted by molar-refractivity contribution is -0.349. The molecular formula is C25H28O7S. The predicted octanol–water partition coefficient (Wildman–Crippen LogP) is 4.07.